The molecule has 0 heterocycles. The van der Waals surface area contributed by atoms with Gasteiger partial charge in [0.2, 0.25) is 0 Å². The first-order chi connectivity index (χ1) is 9.17. The monoisotopic (exact) mass is 284 g/mol. The van der Waals surface area contributed by atoms with Crippen molar-refractivity contribution in [1.29, 1.82) is 0 Å². The van der Waals surface area contributed by atoms with Gasteiger partial charge in [-0.05, 0) is 23.7 Å². The molecule has 0 amide bonds. The van der Waals surface area contributed by atoms with E-state index in [1.54, 1.807) is 0 Å². The normalized spacial score (nSPS) is 24.9. The molecule has 0 aromatic carbocycles. The van der Waals surface area contributed by atoms with Gasteiger partial charge in [0, 0.05) is 25.7 Å². The van der Waals surface area contributed by atoms with Crippen LogP contribution in [0.2, 0.25) is 0 Å². The van der Waals surface area contributed by atoms with Gasteiger partial charge in [-0.3, -0.25) is 0 Å². The molecule has 1 aliphatic carbocycles. The molecule has 1 fully saturated rings. The van der Waals surface area contributed by atoms with E-state index in [9.17, 15) is 0 Å². The predicted molar refractivity (Wildman–Crippen MR) is 87.8 cm³/mol. The SMILES string of the molecule is CC(C)(C)CC[NH2+][C@H]1CCCC[C@H]1[NH2+]CCC(C)(C)C. The molecule has 1 aliphatic rings. The van der Waals surface area contributed by atoms with Gasteiger partial charge in [-0.15, -0.1) is 0 Å². The summed E-state index contributed by atoms with van der Waals surface area (Å²) in [6.07, 6.45) is 8.42. The molecule has 0 aromatic heterocycles. The van der Waals surface area contributed by atoms with E-state index in [4.69, 9.17) is 0 Å². The van der Waals surface area contributed by atoms with Crippen LogP contribution in [0.25, 0.3) is 0 Å². The van der Waals surface area contributed by atoms with Gasteiger partial charge in [-0.1, -0.05) is 41.5 Å². The van der Waals surface area contributed by atoms with Gasteiger partial charge in [0.25, 0.3) is 0 Å². The highest BCUT2D eigenvalue weighted by atomic mass is 15.0. The second-order valence-electron chi connectivity index (χ2n) is 9.28. The highest BCUT2D eigenvalue weighted by Gasteiger charge is 2.31. The first-order valence-corrected chi connectivity index (χ1v) is 8.84. The number of rotatable bonds is 6. The summed E-state index contributed by atoms with van der Waals surface area (Å²) in [5.74, 6) is 0. The van der Waals surface area contributed by atoms with Crippen LogP contribution in [-0.4, -0.2) is 25.2 Å². The summed E-state index contributed by atoms with van der Waals surface area (Å²) >= 11 is 0. The summed E-state index contributed by atoms with van der Waals surface area (Å²) in [7, 11) is 0. The van der Waals surface area contributed by atoms with Crippen molar-refractivity contribution in [2.24, 2.45) is 10.8 Å². The van der Waals surface area contributed by atoms with Gasteiger partial charge in [0.15, 0.2) is 0 Å². The van der Waals surface area contributed by atoms with Crippen molar-refractivity contribution < 1.29 is 10.6 Å². The van der Waals surface area contributed by atoms with E-state index in [1.807, 2.05) is 0 Å². The molecule has 20 heavy (non-hydrogen) atoms. The molecule has 120 valence electrons. The fourth-order valence-electron chi connectivity index (χ4n) is 3.23. The summed E-state index contributed by atoms with van der Waals surface area (Å²) in [6, 6.07) is 1.73. The van der Waals surface area contributed by atoms with Gasteiger partial charge in [-0.2, -0.15) is 0 Å². The van der Waals surface area contributed by atoms with Crippen LogP contribution in [0.4, 0.5) is 0 Å². The van der Waals surface area contributed by atoms with E-state index in [0.29, 0.717) is 10.8 Å². The third-order valence-corrected chi connectivity index (χ3v) is 4.60. The lowest BCUT2D eigenvalue weighted by molar-refractivity contribution is -0.778. The molecule has 0 saturated heterocycles. The van der Waals surface area contributed by atoms with E-state index in [0.717, 1.165) is 12.1 Å². The Labute approximate surface area is 127 Å². The zero-order chi connectivity index (χ0) is 15.2. The Hall–Kier alpha value is -0.0800. The van der Waals surface area contributed by atoms with E-state index in [1.165, 1.54) is 51.6 Å². The Morgan fingerprint density at radius 2 is 1.05 bits per heavy atom. The molecular formula is C18H40N2+2. The molecule has 0 unspecified atom stereocenters. The topological polar surface area (TPSA) is 33.2 Å². The van der Waals surface area contributed by atoms with Crippen LogP contribution in [0.3, 0.4) is 0 Å². The molecule has 0 aliphatic heterocycles. The Kier molecular flexibility index (Phi) is 7.00. The fourth-order valence-corrected chi connectivity index (χ4v) is 3.23. The summed E-state index contributed by atoms with van der Waals surface area (Å²) in [5, 5.41) is 5.31. The lowest BCUT2D eigenvalue weighted by Crippen LogP contribution is -3.04. The summed E-state index contributed by atoms with van der Waals surface area (Å²) in [5.41, 5.74) is 0.966. The van der Waals surface area contributed by atoms with E-state index >= 15 is 0 Å². The number of hydrogen-bond donors (Lipinski definition) is 2. The summed E-state index contributed by atoms with van der Waals surface area (Å²) in [6.45, 7) is 16.7. The molecule has 1 rings (SSSR count). The van der Waals surface area contributed by atoms with Crippen LogP contribution in [0, 0.1) is 10.8 Å². The Morgan fingerprint density at radius 3 is 1.35 bits per heavy atom. The summed E-state index contributed by atoms with van der Waals surface area (Å²) < 4.78 is 0. The van der Waals surface area contributed by atoms with Crippen LogP contribution in [0.5, 0.6) is 0 Å². The van der Waals surface area contributed by atoms with Crippen molar-refractivity contribution in [2.45, 2.75) is 92.2 Å². The van der Waals surface area contributed by atoms with Gasteiger partial charge in [-0.25, -0.2) is 0 Å². The minimum absolute atomic E-state index is 0.483. The van der Waals surface area contributed by atoms with Gasteiger partial charge >= 0.3 is 0 Å². The largest absolute Gasteiger partial charge is 0.339 e. The highest BCUT2D eigenvalue weighted by Crippen LogP contribution is 2.18. The van der Waals surface area contributed by atoms with Crippen molar-refractivity contribution in [3.63, 3.8) is 0 Å². The number of nitrogens with two attached hydrogens (primary N) is 2. The smallest absolute Gasteiger partial charge is 0.138 e. The maximum Gasteiger partial charge on any atom is 0.138 e. The van der Waals surface area contributed by atoms with Crippen molar-refractivity contribution in [3.8, 4) is 0 Å². The minimum Gasteiger partial charge on any atom is -0.339 e. The van der Waals surface area contributed by atoms with E-state index in [-0.39, 0.29) is 0 Å². The van der Waals surface area contributed by atoms with E-state index < -0.39 is 0 Å². The molecule has 1 saturated carbocycles. The Balaban J connectivity index is 2.30. The lowest BCUT2D eigenvalue weighted by Gasteiger charge is -2.29. The molecule has 2 nitrogen and oxygen atoms in total. The highest BCUT2D eigenvalue weighted by molar-refractivity contribution is 4.72. The van der Waals surface area contributed by atoms with E-state index in [2.05, 4.69) is 52.2 Å². The molecule has 0 bridgehead atoms. The number of hydrogen-bond acceptors (Lipinski definition) is 0. The van der Waals surface area contributed by atoms with Gasteiger partial charge < -0.3 is 10.6 Å². The Bertz CT molecular complexity index is 232. The van der Waals surface area contributed by atoms with Crippen LogP contribution < -0.4 is 10.6 Å². The fraction of sp³-hybridized carbons (Fsp3) is 1.00. The first-order valence-electron chi connectivity index (χ1n) is 8.84. The predicted octanol–water partition coefficient (Wildman–Crippen LogP) is 2.30. The average Bonchev–Trinajstić information content (AvgIpc) is 2.28. The zero-order valence-electron chi connectivity index (χ0n) is 15.0. The molecule has 4 N–H and O–H groups in total. The number of quaternary nitrogens is 2. The lowest BCUT2D eigenvalue weighted by atomic mass is 9.88. The maximum atomic E-state index is 2.66. The second kappa shape index (κ2) is 7.79. The van der Waals surface area contributed by atoms with Crippen LogP contribution in [-0.2, 0) is 0 Å². The van der Waals surface area contributed by atoms with Gasteiger partial charge in [0.1, 0.15) is 12.1 Å². The summed E-state index contributed by atoms with van der Waals surface area (Å²) in [4.78, 5) is 0. The van der Waals surface area contributed by atoms with Crippen molar-refractivity contribution >= 4 is 0 Å². The molecular weight excluding hydrogens is 244 g/mol. The maximum absolute atomic E-state index is 2.66. The molecule has 2 atom stereocenters. The van der Waals surface area contributed by atoms with Gasteiger partial charge in [0.05, 0.1) is 13.1 Å². The van der Waals surface area contributed by atoms with Crippen molar-refractivity contribution in [1.82, 2.24) is 0 Å². The standard InChI is InChI=1S/C18H38N2/c1-17(2,3)11-13-19-15-9-7-8-10-16(15)20-14-12-18(4,5)6/h15-16,19-20H,7-14H2,1-6H3/p+2/t15-,16+. The molecule has 0 spiro atoms. The quantitative estimate of drug-likeness (QED) is 0.750. The molecule has 2 heteroatoms. The zero-order valence-corrected chi connectivity index (χ0v) is 15.0. The minimum atomic E-state index is 0.483. The molecule has 0 radical (unpaired) electrons. The van der Waals surface area contributed by atoms with Crippen molar-refractivity contribution in [3.05, 3.63) is 0 Å². The third-order valence-electron chi connectivity index (χ3n) is 4.60. The first kappa shape index (κ1) is 18.0. The third kappa shape index (κ3) is 8.26. The van der Waals surface area contributed by atoms with Crippen LogP contribution in [0.15, 0.2) is 0 Å². The van der Waals surface area contributed by atoms with Crippen LogP contribution in [0.1, 0.15) is 80.1 Å². The van der Waals surface area contributed by atoms with Crippen molar-refractivity contribution in [2.75, 3.05) is 13.1 Å². The Morgan fingerprint density at radius 1 is 0.700 bits per heavy atom. The second-order valence-corrected chi connectivity index (χ2v) is 9.28. The average molecular weight is 285 g/mol. The van der Waals surface area contributed by atoms with Crippen LogP contribution >= 0.6 is 0 Å². The molecule has 0 aromatic rings.